The molecule has 0 spiro atoms. The molecule has 1 aliphatic rings. The molecule has 0 saturated carbocycles. The topological polar surface area (TPSA) is 69.0 Å². The summed E-state index contributed by atoms with van der Waals surface area (Å²) in [6, 6.07) is 11.3. The first-order chi connectivity index (χ1) is 18.4. The number of hydrogen-bond donors (Lipinski definition) is 1. The van der Waals surface area contributed by atoms with Crippen molar-refractivity contribution in [1.29, 1.82) is 0 Å². The van der Waals surface area contributed by atoms with E-state index in [2.05, 4.69) is 33.5 Å². The molecule has 1 aliphatic heterocycles. The molecule has 9 heteroatoms. The number of halogens is 2. The molecule has 4 rings (SSSR count). The summed E-state index contributed by atoms with van der Waals surface area (Å²) < 4.78 is 19.7. The van der Waals surface area contributed by atoms with E-state index >= 15 is 0 Å². The van der Waals surface area contributed by atoms with Gasteiger partial charge < -0.3 is 23.9 Å². The van der Waals surface area contributed by atoms with Crippen LogP contribution in [0, 0.1) is 0 Å². The van der Waals surface area contributed by atoms with E-state index in [1.165, 1.54) is 0 Å². The van der Waals surface area contributed by atoms with Crippen molar-refractivity contribution in [3.63, 3.8) is 0 Å². The van der Waals surface area contributed by atoms with E-state index in [9.17, 15) is 5.11 Å². The average Bonchev–Trinajstić information content (AvgIpc) is 3.30. The molecule has 2 heterocycles. The first-order valence-corrected chi connectivity index (χ1v) is 14.0. The molecule has 1 atom stereocenters. The number of hydrogen-bond acceptors (Lipinski definition) is 6. The van der Waals surface area contributed by atoms with E-state index in [0.29, 0.717) is 35.2 Å². The fourth-order valence-corrected chi connectivity index (χ4v) is 5.08. The third-order valence-electron chi connectivity index (χ3n) is 6.96. The Morgan fingerprint density at radius 3 is 2.68 bits per heavy atom. The Hall–Kier alpha value is -2.45. The molecular formula is C29H37Cl2N3O4. The van der Waals surface area contributed by atoms with Crippen LogP contribution in [0.15, 0.2) is 48.8 Å². The smallest absolute Gasteiger partial charge is 0.161 e. The molecule has 0 unspecified atom stereocenters. The highest BCUT2D eigenvalue weighted by Gasteiger charge is 2.31. The maximum absolute atomic E-state index is 11.2. The number of aromatic nitrogens is 2. The van der Waals surface area contributed by atoms with Gasteiger partial charge in [-0.3, -0.25) is 4.90 Å². The Morgan fingerprint density at radius 2 is 1.89 bits per heavy atom. The Kier molecular flexibility index (Phi) is 10.2. The van der Waals surface area contributed by atoms with Gasteiger partial charge in [-0.05, 0) is 62.1 Å². The number of rotatable bonds is 12. The van der Waals surface area contributed by atoms with Gasteiger partial charge in [0.15, 0.2) is 11.5 Å². The molecule has 0 radical (unpaired) electrons. The van der Waals surface area contributed by atoms with Crippen LogP contribution in [-0.4, -0.2) is 58.6 Å². The minimum absolute atomic E-state index is 0.220. The molecule has 0 amide bonds. The van der Waals surface area contributed by atoms with Crippen molar-refractivity contribution >= 4 is 23.2 Å². The molecule has 1 N–H and O–H groups in total. The molecular weight excluding hydrogens is 525 g/mol. The molecule has 38 heavy (non-hydrogen) atoms. The van der Waals surface area contributed by atoms with Gasteiger partial charge in [-0.25, -0.2) is 4.98 Å². The second-order valence-corrected chi connectivity index (χ2v) is 10.6. The quantitative estimate of drug-likeness (QED) is 0.272. The van der Waals surface area contributed by atoms with Gasteiger partial charge in [0, 0.05) is 44.5 Å². The van der Waals surface area contributed by atoms with Crippen LogP contribution < -0.4 is 14.2 Å². The molecule has 0 aliphatic carbocycles. The molecule has 1 saturated heterocycles. The highest BCUT2D eigenvalue weighted by Crippen LogP contribution is 2.31. The summed E-state index contributed by atoms with van der Waals surface area (Å²) in [6.45, 7) is 6.25. The van der Waals surface area contributed by atoms with Crippen molar-refractivity contribution in [1.82, 2.24) is 14.5 Å². The van der Waals surface area contributed by atoms with Crippen molar-refractivity contribution in [3.05, 3.63) is 70.2 Å². The highest BCUT2D eigenvalue weighted by atomic mass is 35.5. The number of aliphatic hydroxyl groups is 1. The van der Waals surface area contributed by atoms with Crippen LogP contribution in [0.3, 0.4) is 0 Å². The molecule has 0 bridgehead atoms. The lowest BCUT2D eigenvalue weighted by atomic mass is 9.96. The number of likely N-dealkylation sites (tertiary alicyclic amines) is 1. The summed E-state index contributed by atoms with van der Waals surface area (Å²) in [5.41, 5.74) is 0.267. The molecule has 7 nitrogen and oxygen atoms in total. The van der Waals surface area contributed by atoms with Crippen LogP contribution in [0.25, 0.3) is 0 Å². The number of benzene rings is 2. The Morgan fingerprint density at radius 1 is 1.03 bits per heavy atom. The maximum Gasteiger partial charge on any atom is 0.161 e. The number of methoxy groups -OCH3 is 1. The number of imidazole rings is 1. The third kappa shape index (κ3) is 7.79. The fraction of sp³-hybridized carbons (Fsp3) is 0.483. The lowest BCUT2D eigenvalue weighted by Crippen LogP contribution is -2.37. The summed E-state index contributed by atoms with van der Waals surface area (Å²) in [6.07, 6.45) is 7.85. The lowest BCUT2D eigenvalue weighted by Gasteiger charge is -2.27. The molecule has 206 valence electrons. The van der Waals surface area contributed by atoms with E-state index in [1.54, 1.807) is 25.3 Å². The zero-order valence-corrected chi connectivity index (χ0v) is 23.7. The van der Waals surface area contributed by atoms with E-state index < -0.39 is 5.60 Å². The van der Waals surface area contributed by atoms with E-state index in [4.69, 9.17) is 37.4 Å². The van der Waals surface area contributed by atoms with Crippen molar-refractivity contribution in [2.75, 3.05) is 33.4 Å². The number of nitrogens with zero attached hydrogens (tertiary/aromatic N) is 3. The van der Waals surface area contributed by atoms with Crippen molar-refractivity contribution in [3.8, 4) is 17.2 Å². The van der Waals surface area contributed by atoms with Crippen LogP contribution >= 0.6 is 23.2 Å². The standard InChI is InChI=1S/C29H37Cl2N3O4/c1-3-28-32-12-16-34(28)14-5-17-37-27-18-22(6-9-26(27)36-2)20-33-13-4-10-29(35,11-15-33)21-38-23-7-8-24(30)25(31)19-23/h6-9,12,16,18-19,35H,3-5,10-11,13-15,17,20-21H2,1-2H3/t29-/m0/s1. The molecule has 1 fully saturated rings. The normalized spacial score (nSPS) is 18.2. The first-order valence-electron chi connectivity index (χ1n) is 13.2. The zero-order chi connectivity index (χ0) is 27.0. The Bertz CT molecular complexity index is 1190. The summed E-state index contributed by atoms with van der Waals surface area (Å²) in [5.74, 6) is 3.19. The largest absolute Gasteiger partial charge is 0.493 e. The van der Waals surface area contributed by atoms with Gasteiger partial charge in [-0.2, -0.15) is 0 Å². The lowest BCUT2D eigenvalue weighted by molar-refractivity contribution is -0.0168. The summed E-state index contributed by atoms with van der Waals surface area (Å²) in [5, 5.41) is 12.1. The average molecular weight is 563 g/mol. The minimum atomic E-state index is -0.887. The van der Waals surface area contributed by atoms with Gasteiger partial charge >= 0.3 is 0 Å². The predicted molar refractivity (Wildman–Crippen MR) is 151 cm³/mol. The van der Waals surface area contributed by atoms with Gasteiger partial charge in [0.1, 0.15) is 18.2 Å². The molecule has 1 aromatic heterocycles. The third-order valence-corrected chi connectivity index (χ3v) is 7.70. The first kappa shape index (κ1) is 28.6. The number of ether oxygens (including phenoxy) is 3. The predicted octanol–water partition coefficient (Wildman–Crippen LogP) is 6.03. The molecule has 2 aromatic carbocycles. The van der Waals surface area contributed by atoms with Gasteiger partial charge in [0.05, 0.1) is 29.4 Å². The Balaban J connectivity index is 1.29. The van der Waals surface area contributed by atoms with Gasteiger partial charge in [0.2, 0.25) is 0 Å². The second-order valence-electron chi connectivity index (χ2n) is 9.80. The van der Waals surface area contributed by atoms with Crippen LogP contribution in [0.4, 0.5) is 0 Å². The van der Waals surface area contributed by atoms with E-state index in [0.717, 1.165) is 68.3 Å². The van der Waals surface area contributed by atoms with E-state index in [1.807, 2.05) is 18.5 Å². The van der Waals surface area contributed by atoms with Crippen LogP contribution in [0.2, 0.25) is 10.0 Å². The summed E-state index contributed by atoms with van der Waals surface area (Å²) >= 11 is 12.1. The zero-order valence-electron chi connectivity index (χ0n) is 22.2. The SMILES string of the molecule is CCc1nccn1CCCOc1cc(CN2CCC[C@@](O)(COc3ccc(Cl)c(Cl)c3)CC2)ccc1OC. The van der Waals surface area contributed by atoms with Gasteiger partial charge in [-0.15, -0.1) is 0 Å². The van der Waals surface area contributed by atoms with Crippen LogP contribution in [0.1, 0.15) is 44.0 Å². The summed E-state index contributed by atoms with van der Waals surface area (Å²) in [7, 11) is 1.66. The maximum atomic E-state index is 11.2. The van der Waals surface area contributed by atoms with Crippen molar-refractivity contribution in [2.24, 2.45) is 0 Å². The summed E-state index contributed by atoms with van der Waals surface area (Å²) in [4.78, 5) is 6.75. The van der Waals surface area contributed by atoms with Crippen molar-refractivity contribution < 1.29 is 19.3 Å². The van der Waals surface area contributed by atoms with Gasteiger partial charge in [-0.1, -0.05) is 36.2 Å². The minimum Gasteiger partial charge on any atom is -0.493 e. The number of aryl methyl sites for hydroxylation is 2. The second kappa shape index (κ2) is 13.6. The highest BCUT2D eigenvalue weighted by molar-refractivity contribution is 6.42. The molecule has 3 aromatic rings. The van der Waals surface area contributed by atoms with Crippen LogP contribution in [0.5, 0.6) is 17.2 Å². The van der Waals surface area contributed by atoms with Crippen molar-refractivity contribution in [2.45, 2.75) is 57.7 Å². The monoisotopic (exact) mass is 561 g/mol. The van der Waals surface area contributed by atoms with Gasteiger partial charge in [0.25, 0.3) is 0 Å². The van der Waals surface area contributed by atoms with E-state index in [-0.39, 0.29) is 6.61 Å². The van der Waals surface area contributed by atoms with Crippen LogP contribution in [-0.2, 0) is 19.5 Å². The fourth-order valence-electron chi connectivity index (χ4n) is 4.79. The Labute approximate surface area is 235 Å².